The number of aliphatic imine (C=N–C) groups is 1. The van der Waals surface area contributed by atoms with E-state index in [1.54, 1.807) is 30.5 Å². The SMILES string of the molecule is Cc1nccn1CCCNC(=O)c1ccc(NC(=O)C[C@H]2SC(N3CCCC3)=NC2=O)cc1. The highest BCUT2D eigenvalue weighted by molar-refractivity contribution is 8.15. The number of nitrogens with one attached hydrogen (secondary N) is 2. The number of anilines is 1. The maximum Gasteiger partial charge on any atom is 0.262 e. The molecular formula is C23H28N6O3S. The van der Waals surface area contributed by atoms with Gasteiger partial charge in [0.1, 0.15) is 11.1 Å². The van der Waals surface area contributed by atoms with Crippen LogP contribution in [0.3, 0.4) is 0 Å². The highest BCUT2D eigenvalue weighted by Crippen LogP contribution is 2.29. The van der Waals surface area contributed by atoms with Gasteiger partial charge >= 0.3 is 0 Å². The van der Waals surface area contributed by atoms with Gasteiger partial charge < -0.3 is 20.1 Å². The number of hydrogen-bond donors (Lipinski definition) is 2. The number of thioether (sulfide) groups is 1. The first-order valence-electron chi connectivity index (χ1n) is 11.2. The predicted octanol–water partition coefficient (Wildman–Crippen LogP) is 2.43. The van der Waals surface area contributed by atoms with Gasteiger partial charge in [-0.25, -0.2) is 4.98 Å². The number of hydrogen-bond acceptors (Lipinski definition) is 6. The molecule has 33 heavy (non-hydrogen) atoms. The topological polar surface area (TPSA) is 109 Å². The van der Waals surface area contributed by atoms with Crippen LogP contribution in [0.15, 0.2) is 41.7 Å². The van der Waals surface area contributed by atoms with E-state index in [1.165, 1.54) is 11.8 Å². The first-order valence-corrected chi connectivity index (χ1v) is 12.1. The number of aryl methyl sites for hydroxylation is 2. The summed E-state index contributed by atoms with van der Waals surface area (Å²) < 4.78 is 2.04. The minimum Gasteiger partial charge on any atom is -0.352 e. The van der Waals surface area contributed by atoms with Crippen LogP contribution in [0, 0.1) is 6.92 Å². The van der Waals surface area contributed by atoms with Gasteiger partial charge in [-0.2, -0.15) is 4.99 Å². The summed E-state index contributed by atoms with van der Waals surface area (Å²) in [6.45, 7) is 5.14. The molecule has 2 aromatic rings. The molecule has 1 aromatic heterocycles. The minimum atomic E-state index is -0.475. The van der Waals surface area contributed by atoms with Gasteiger partial charge in [-0.15, -0.1) is 0 Å². The van der Waals surface area contributed by atoms with E-state index >= 15 is 0 Å². The van der Waals surface area contributed by atoms with Crippen LogP contribution in [-0.2, 0) is 16.1 Å². The molecule has 0 spiro atoms. The minimum absolute atomic E-state index is 0.0724. The second-order valence-electron chi connectivity index (χ2n) is 8.14. The second kappa shape index (κ2) is 10.7. The van der Waals surface area contributed by atoms with Crippen LogP contribution in [0.4, 0.5) is 5.69 Å². The first-order chi connectivity index (χ1) is 16.0. The third-order valence-corrected chi connectivity index (χ3v) is 6.91. The van der Waals surface area contributed by atoms with Crippen molar-refractivity contribution in [3.05, 3.63) is 48.0 Å². The summed E-state index contributed by atoms with van der Waals surface area (Å²) in [5.41, 5.74) is 1.11. The molecule has 0 radical (unpaired) electrons. The van der Waals surface area contributed by atoms with Crippen molar-refractivity contribution in [3.8, 4) is 0 Å². The lowest BCUT2D eigenvalue weighted by Gasteiger charge is -2.16. The van der Waals surface area contributed by atoms with Crippen LogP contribution in [-0.4, -0.2) is 62.2 Å². The Kier molecular flexibility index (Phi) is 7.43. The molecule has 1 fully saturated rings. The Morgan fingerprint density at radius 3 is 2.64 bits per heavy atom. The number of carbonyl (C=O) groups is 3. The molecular weight excluding hydrogens is 440 g/mol. The molecule has 0 bridgehead atoms. The van der Waals surface area contributed by atoms with Gasteiger partial charge in [0.25, 0.3) is 11.8 Å². The smallest absolute Gasteiger partial charge is 0.262 e. The molecule has 174 valence electrons. The Hall–Kier alpha value is -3.14. The van der Waals surface area contributed by atoms with Crippen LogP contribution < -0.4 is 10.6 Å². The summed E-state index contributed by atoms with van der Waals surface area (Å²) in [6, 6.07) is 6.74. The van der Waals surface area contributed by atoms with E-state index in [2.05, 4.69) is 25.5 Å². The van der Waals surface area contributed by atoms with E-state index in [0.29, 0.717) is 17.8 Å². The molecule has 3 amide bonds. The van der Waals surface area contributed by atoms with Crippen LogP contribution in [0.25, 0.3) is 0 Å². The monoisotopic (exact) mass is 468 g/mol. The zero-order chi connectivity index (χ0) is 23.2. The summed E-state index contributed by atoms with van der Waals surface area (Å²) in [4.78, 5) is 47.4. The van der Waals surface area contributed by atoms with Crippen molar-refractivity contribution in [1.29, 1.82) is 0 Å². The standard InChI is InChI=1S/C23H28N6O3S/c1-16-24-10-14-28(16)13-4-9-25-21(31)17-5-7-18(8-6-17)26-20(30)15-19-22(32)27-23(33-19)29-11-2-3-12-29/h5-8,10,14,19H,2-4,9,11-13,15H2,1H3,(H,25,31)(H,26,30)/t19-/m1/s1. The lowest BCUT2D eigenvalue weighted by atomic mass is 10.2. The lowest BCUT2D eigenvalue weighted by molar-refractivity contribution is -0.121. The van der Waals surface area contributed by atoms with Crippen LogP contribution in [0.1, 0.15) is 41.9 Å². The van der Waals surface area contributed by atoms with E-state index in [-0.39, 0.29) is 24.1 Å². The number of nitrogens with zero attached hydrogens (tertiary/aromatic N) is 4. The Labute approximate surface area is 197 Å². The van der Waals surface area contributed by atoms with Gasteiger partial charge in [0.2, 0.25) is 5.91 Å². The number of carbonyl (C=O) groups excluding carboxylic acids is 3. The summed E-state index contributed by atoms with van der Waals surface area (Å²) >= 11 is 1.38. The molecule has 0 aliphatic carbocycles. The molecule has 2 aliphatic rings. The Balaban J connectivity index is 1.19. The number of amides is 3. The molecule has 4 rings (SSSR count). The summed E-state index contributed by atoms with van der Waals surface area (Å²) in [7, 11) is 0. The fourth-order valence-electron chi connectivity index (χ4n) is 3.83. The number of likely N-dealkylation sites (tertiary alicyclic amines) is 1. The summed E-state index contributed by atoms with van der Waals surface area (Å²) in [5.74, 6) is 0.308. The molecule has 3 heterocycles. The molecule has 0 saturated carbocycles. The van der Waals surface area contributed by atoms with E-state index in [1.807, 2.05) is 17.7 Å². The molecule has 9 nitrogen and oxygen atoms in total. The highest BCUT2D eigenvalue weighted by atomic mass is 32.2. The van der Waals surface area contributed by atoms with Gasteiger partial charge in [0.15, 0.2) is 5.17 Å². The predicted molar refractivity (Wildman–Crippen MR) is 128 cm³/mol. The van der Waals surface area contributed by atoms with Crippen molar-refractivity contribution >= 4 is 40.3 Å². The second-order valence-corrected chi connectivity index (χ2v) is 9.31. The van der Waals surface area contributed by atoms with Gasteiger partial charge in [-0.3, -0.25) is 14.4 Å². The quantitative estimate of drug-likeness (QED) is 0.576. The Morgan fingerprint density at radius 2 is 1.94 bits per heavy atom. The molecule has 1 aromatic carbocycles. The maximum atomic E-state index is 12.4. The number of benzene rings is 1. The normalized spacial score (nSPS) is 17.8. The number of rotatable bonds is 8. The van der Waals surface area contributed by atoms with Gasteiger partial charge in [0.05, 0.1) is 0 Å². The third-order valence-electron chi connectivity index (χ3n) is 5.69. The van der Waals surface area contributed by atoms with Crippen molar-refractivity contribution in [2.24, 2.45) is 4.99 Å². The van der Waals surface area contributed by atoms with Crippen molar-refractivity contribution in [1.82, 2.24) is 19.8 Å². The molecule has 2 N–H and O–H groups in total. The van der Waals surface area contributed by atoms with Gasteiger partial charge in [-0.1, -0.05) is 11.8 Å². The maximum absolute atomic E-state index is 12.4. The molecule has 10 heteroatoms. The van der Waals surface area contributed by atoms with Crippen molar-refractivity contribution in [2.75, 3.05) is 25.0 Å². The van der Waals surface area contributed by atoms with Crippen molar-refractivity contribution in [3.63, 3.8) is 0 Å². The number of imidazole rings is 1. The molecule has 0 unspecified atom stereocenters. The van der Waals surface area contributed by atoms with Crippen LogP contribution in [0.2, 0.25) is 0 Å². The average Bonchev–Trinajstić information content (AvgIpc) is 3.54. The van der Waals surface area contributed by atoms with E-state index < -0.39 is 5.25 Å². The van der Waals surface area contributed by atoms with Crippen molar-refractivity contribution in [2.45, 2.75) is 44.4 Å². The summed E-state index contributed by atoms with van der Waals surface area (Å²) in [6.07, 6.45) is 6.78. The van der Waals surface area contributed by atoms with Gasteiger partial charge in [-0.05, 0) is 50.5 Å². The lowest BCUT2D eigenvalue weighted by Crippen LogP contribution is -2.25. The number of amidine groups is 1. The van der Waals surface area contributed by atoms with E-state index in [4.69, 9.17) is 0 Å². The van der Waals surface area contributed by atoms with E-state index in [0.717, 1.165) is 49.9 Å². The zero-order valence-corrected chi connectivity index (χ0v) is 19.4. The van der Waals surface area contributed by atoms with Crippen LogP contribution >= 0.6 is 11.8 Å². The first kappa shape index (κ1) is 23.0. The Morgan fingerprint density at radius 1 is 1.18 bits per heavy atom. The zero-order valence-electron chi connectivity index (χ0n) is 18.6. The van der Waals surface area contributed by atoms with Crippen LogP contribution in [0.5, 0.6) is 0 Å². The van der Waals surface area contributed by atoms with E-state index in [9.17, 15) is 14.4 Å². The fraction of sp³-hybridized carbons (Fsp3) is 0.435. The summed E-state index contributed by atoms with van der Waals surface area (Å²) in [5, 5.41) is 5.97. The largest absolute Gasteiger partial charge is 0.352 e. The fourth-order valence-corrected chi connectivity index (χ4v) is 4.95. The molecule has 1 atom stereocenters. The molecule has 2 aliphatic heterocycles. The average molecular weight is 469 g/mol. The Bertz CT molecular complexity index is 1040. The number of aromatic nitrogens is 2. The van der Waals surface area contributed by atoms with Gasteiger partial charge in [0, 0.05) is 56.2 Å². The highest BCUT2D eigenvalue weighted by Gasteiger charge is 2.33. The third kappa shape index (κ3) is 6.01. The van der Waals surface area contributed by atoms with Crippen molar-refractivity contribution < 1.29 is 14.4 Å². The molecule has 1 saturated heterocycles.